The number of hydrogen-bond acceptors (Lipinski definition) is 7. The van der Waals surface area contributed by atoms with Gasteiger partial charge in [-0.25, -0.2) is 15.0 Å². The second-order valence-corrected chi connectivity index (χ2v) is 6.85. The maximum atomic E-state index is 5.33. The summed E-state index contributed by atoms with van der Waals surface area (Å²) < 4.78 is 5.33. The van der Waals surface area contributed by atoms with Crippen LogP contribution in [0.15, 0.2) is 28.2 Å². The van der Waals surface area contributed by atoms with Gasteiger partial charge in [-0.15, -0.1) is 11.3 Å². The normalized spacial score (nSPS) is 11.2. The Bertz CT molecular complexity index is 1060. The van der Waals surface area contributed by atoms with Crippen LogP contribution in [-0.4, -0.2) is 20.1 Å². The van der Waals surface area contributed by atoms with Crippen LogP contribution in [0.4, 0.5) is 10.9 Å². The van der Waals surface area contributed by atoms with E-state index in [-0.39, 0.29) is 0 Å². The van der Waals surface area contributed by atoms with E-state index in [1.807, 2.05) is 45.3 Å². The molecule has 7 heteroatoms. The van der Waals surface area contributed by atoms with Crippen LogP contribution < -0.4 is 5.32 Å². The fraction of sp³-hybridized carbons (Fsp3) is 0.222. The van der Waals surface area contributed by atoms with E-state index < -0.39 is 0 Å². The van der Waals surface area contributed by atoms with Crippen molar-refractivity contribution in [1.29, 1.82) is 0 Å². The summed E-state index contributed by atoms with van der Waals surface area (Å²) in [6.45, 7) is 7.78. The van der Waals surface area contributed by atoms with Crippen molar-refractivity contribution in [3.63, 3.8) is 0 Å². The molecule has 0 radical (unpaired) electrons. The van der Waals surface area contributed by atoms with Gasteiger partial charge in [0.05, 0.1) is 11.4 Å². The van der Waals surface area contributed by atoms with Gasteiger partial charge in [0.2, 0.25) is 0 Å². The minimum absolute atomic E-state index is 0.698. The summed E-state index contributed by atoms with van der Waals surface area (Å²) in [6, 6.07) is 4.07. The Morgan fingerprint density at radius 3 is 2.56 bits per heavy atom. The molecule has 4 aromatic heterocycles. The second-order valence-electron chi connectivity index (χ2n) is 5.99. The first-order valence-corrected chi connectivity index (χ1v) is 8.79. The summed E-state index contributed by atoms with van der Waals surface area (Å²) in [5.41, 5.74) is 5.51. The van der Waals surface area contributed by atoms with Crippen LogP contribution in [0.5, 0.6) is 0 Å². The van der Waals surface area contributed by atoms with Crippen molar-refractivity contribution in [2.24, 2.45) is 0 Å². The third-order valence-electron chi connectivity index (χ3n) is 4.02. The van der Waals surface area contributed by atoms with Gasteiger partial charge in [-0.05, 0) is 33.8 Å². The molecular weight excluding hydrogens is 334 g/mol. The molecule has 126 valence electrons. The van der Waals surface area contributed by atoms with Crippen molar-refractivity contribution < 1.29 is 4.52 Å². The van der Waals surface area contributed by atoms with Crippen molar-refractivity contribution in [3.8, 4) is 11.1 Å². The maximum Gasteiger partial charge on any atom is 0.188 e. The molecule has 0 aliphatic carbocycles. The zero-order valence-electron chi connectivity index (χ0n) is 14.4. The molecule has 0 fully saturated rings. The van der Waals surface area contributed by atoms with E-state index in [0.717, 1.165) is 50.0 Å². The fourth-order valence-corrected chi connectivity index (χ4v) is 3.57. The Kier molecular flexibility index (Phi) is 3.73. The molecule has 0 saturated heterocycles. The largest absolute Gasteiger partial charge is 0.361 e. The number of thiazole rings is 1. The van der Waals surface area contributed by atoms with E-state index in [2.05, 4.69) is 26.5 Å². The van der Waals surface area contributed by atoms with Crippen LogP contribution in [0, 0.1) is 27.7 Å². The van der Waals surface area contributed by atoms with Crippen LogP contribution in [0.3, 0.4) is 0 Å². The van der Waals surface area contributed by atoms with E-state index in [9.17, 15) is 0 Å². The van der Waals surface area contributed by atoms with Gasteiger partial charge in [0.1, 0.15) is 11.3 Å². The Morgan fingerprint density at radius 1 is 1.04 bits per heavy atom. The summed E-state index contributed by atoms with van der Waals surface area (Å²) in [5, 5.41) is 11.2. The fourth-order valence-electron chi connectivity index (χ4n) is 2.89. The SMILES string of the molecule is Cc1csc(Nc2ncc(-c3c(C)noc3C)c3ccc(C)nc23)n1. The summed E-state index contributed by atoms with van der Waals surface area (Å²) in [7, 11) is 0. The van der Waals surface area contributed by atoms with Crippen molar-refractivity contribution >= 4 is 33.2 Å². The highest BCUT2D eigenvalue weighted by Gasteiger charge is 2.18. The maximum absolute atomic E-state index is 5.33. The lowest BCUT2D eigenvalue weighted by Gasteiger charge is -2.11. The van der Waals surface area contributed by atoms with Crippen LogP contribution in [-0.2, 0) is 0 Å². The Hall–Kier alpha value is -2.80. The van der Waals surface area contributed by atoms with Crippen molar-refractivity contribution in [2.75, 3.05) is 5.32 Å². The highest BCUT2D eigenvalue weighted by molar-refractivity contribution is 7.13. The summed E-state index contributed by atoms with van der Waals surface area (Å²) in [5.74, 6) is 1.47. The topological polar surface area (TPSA) is 76.7 Å². The van der Waals surface area contributed by atoms with E-state index >= 15 is 0 Å². The van der Waals surface area contributed by atoms with E-state index in [1.165, 1.54) is 0 Å². The van der Waals surface area contributed by atoms with E-state index in [0.29, 0.717) is 5.82 Å². The predicted octanol–water partition coefficient (Wildman–Crippen LogP) is 4.72. The first kappa shape index (κ1) is 15.7. The first-order chi connectivity index (χ1) is 12.0. The average Bonchev–Trinajstić information content (AvgIpc) is 3.14. The monoisotopic (exact) mass is 351 g/mol. The molecule has 25 heavy (non-hydrogen) atoms. The minimum atomic E-state index is 0.698. The zero-order valence-corrected chi connectivity index (χ0v) is 15.2. The van der Waals surface area contributed by atoms with Gasteiger partial charge in [0.25, 0.3) is 0 Å². The number of fused-ring (bicyclic) bond motifs is 1. The minimum Gasteiger partial charge on any atom is -0.361 e. The molecule has 0 spiro atoms. The van der Waals surface area contributed by atoms with Gasteiger partial charge in [0, 0.05) is 33.8 Å². The quantitative estimate of drug-likeness (QED) is 0.575. The molecule has 4 aromatic rings. The third-order valence-corrected chi connectivity index (χ3v) is 4.89. The van der Waals surface area contributed by atoms with Gasteiger partial charge in [-0.2, -0.15) is 0 Å². The smallest absolute Gasteiger partial charge is 0.188 e. The number of nitrogens with one attached hydrogen (secondary N) is 1. The van der Waals surface area contributed by atoms with Gasteiger partial charge in [-0.1, -0.05) is 11.2 Å². The van der Waals surface area contributed by atoms with E-state index in [4.69, 9.17) is 9.51 Å². The molecule has 0 amide bonds. The number of pyridine rings is 2. The molecule has 6 nitrogen and oxygen atoms in total. The Balaban J connectivity index is 1.92. The molecule has 0 atom stereocenters. The Morgan fingerprint density at radius 2 is 1.88 bits per heavy atom. The molecule has 0 bridgehead atoms. The average molecular weight is 351 g/mol. The highest BCUT2D eigenvalue weighted by atomic mass is 32.1. The van der Waals surface area contributed by atoms with Crippen LogP contribution in [0.25, 0.3) is 22.0 Å². The van der Waals surface area contributed by atoms with Gasteiger partial charge in [-0.3, -0.25) is 0 Å². The lowest BCUT2D eigenvalue weighted by Crippen LogP contribution is -1.99. The summed E-state index contributed by atoms with van der Waals surface area (Å²) in [4.78, 5) is 13.8. The van der Waals surface area contributed by atoms with Crippen LogP contribution in [0.2, 0.25) is 0 Å². The summed E-state index contributed by atoms with van der Waals surface area (Å²) in [6.07, 6.45) is 1.84. The molecule has 4 rings (SSSR count). The lowest BCUT2D eigenvalue weighted by atomic mass is 10.0. The molecular formula is C18H17N5OS. The second kappa shape index (κ2) is 5.93. The van der Waals surface area contributed by atoms with Gasteiger partial charge < -0.3 is 9.84 Å². The number of aromatic nitrogens is 4. The Labute approximate surface area is 149 Å². The molecule has 1 N–H and O–H groups in total. The van der Waals surface area contributed by atoms with Gasteiger partial charge in [0.15, 0.2) is 10.9 Å². The van der Waals surface area contributed by atoms with Gasteiger partial charge >= 0.3 is 0 Å². The summed E-state index contributed by atoms with van der Waals surface area (Å²) >= 11 is 1.55. The molecule has 0 aliphatic rings. The molecule has 0 aromatic carbocycles. The highest BCUT2D eigenvalue weighted by Crippen LogP contribution is 2.35. The van der Waals surface area contributed by atoms with Crippen molar-refractivity contribution in [2.45, 2.75) is 27.7 Å². The lowest BCUT2D eigenvalue weighted by molar-refractivity contribution is 0.393. The first-order valence-electron chi connectivity index (χ1n) is 7.91. The standard InChI is InChI=1S/C18H17N5OS/c1-9-5-6-13-14(15-11(3)23-24-12(15)4)7-19-17(16(13)20-9)22-18-21-10(2)8-25-18/h5-8H,1-4H3,(H,19,21,22). The third kappa shape index (κ3) is 2.76. The van der Waals surface area contributed by atoms with Crippen LogP contribution >= 0.6 is 11.3 Å². The number of rotatable bonds is 3. The van der Waals surface area contributed by atoms with Crippen molar-refractivity contribution in [1.82, 2.24) is 20.1 Å². The molecule has 0 unspecified atom stereocenters. The number of nitrogens with zero attached hydrogens (tertiary/aromatic N) is 4. The number of hydrogen-bond donors (Lipinski definition) is 1. The number of aryl methyl sites for hydroxylation is 4. The molecule has 4 heterocycles. The zero-order chi connectivity index (χ0) is 17.6. The molecule has 0 saturated carbocycles. The molecule has 0 aliphatic heterocycles. The predicted molar refractivity (Wildman–Crippen MR) is 99.4 cm³/mol. The number of anilines is 2. The van der Waals surface area contributed by atoms with Crippen LogP contribution in [0.1, 0.15) is 22.8 Å². The van der Waals surface area contributed by atoms with Crippen molar-refractivity contribution in [3.05, 3.63) is 46.6 Å². The van der Waals surface area contributed by atoms with E-state index in [1.54, 1.807) is 11.3 Å².